The van der Waals surface area contributed by atoms with Crippen LogP contribution in [0.5, 0.6) is 0 Å². The lowest BCUT2D eigenvalue weighted by atomic mass is 9.67. The average Bonchev–Trinajstić information content (AvgIpc) is 2.04. The molecule has 0 fully saturated rings. The van der Waals surface area contributed by atoms with Gasteiger partial charge >= 0.3 is 0 Å². The van der Waals surface area contributed by atoms with Crippen molar-refractivity contribution in [3.05, 3.63) is 4.91 Å². The van der Waals surface area contributed by atoms with Gasteiger partial charge in [0.05, 0.1) is 0 Å². The van der Waals surface area contributed by atoms with Crippen molar-refractivity contribution in [2.75, 3.05) is 0 Å². The van der Waals surface area contributed by atoms with Crippen LogP contribution in [0.4, 0.5) is 0 Å². The third-order valence-corrected chi connectivity index (χ3v) is 5.44. The molecule has 0 saturated carbocycles. The molecule has 0 aromatic carbocycles. The van der Waals surface area contributed by atoms with Gasteiger partial charge < -0.3 is 0 Å². The smallest absolute Gasteiger partial charge is 0.102 e. The summed E-state index contributed by atoms with van der Waals surface area (Å²) in [5.41, 5.74) is 0.660. The average molecular weight is 215 g/mol. The van der Waals surface area contributed by atoms with Crippen molar-refractivity contribution in [3.8, 4) is 0 Å². The van der Waals surface area contributed by atoms with Gasteiger partial charge in [0.1, 0.15) is 6.04 Å². The summed E-state index contributed by atoms with van der Waals surface area (Å²) in [5, 5.41) is 3.40. The van der Waals surface area contributed by atoms with E-state index in [2.05, 4.69) is 46.7 Å². The van der Waals surface area contributed by atoms with E-state index < -0.39 is 0 Å². The fourth-order valence-electron chi connectivity index (χ4n) is 1.79. The molecule has 0 aliphatic carbocycles. The molecular weight excluding hydrogens is 190 g/mol. The second kappa shape index (κ2) is 4.56. The van der Waals surface area contributed by atoms with E-state index in [1.54, 1.807) is 0 Å². The molecule has 0 aromatic heterocycles. The second-order valence-corrected chi connectivity index (χ2v) is 7.56. The van der Waals surface area contributed by atoms with Crippen LogP contribution in [0.1, 0.15) is 48.0 Å². The Morgan fingerprint density at radius 1 is 1.29 bits per heavy atom. The number of nitrogens with zero attached hydrogens (tertiary/aromatic N) is 1. The third-order valence-electron chi connectivity index (χ3n) is 3.95. The lowest BCUT2D eigenvalue weighted by Crippen LogP contribution is -2.41. The fourth-order valence-corrected chi connectivity index (χ4v) is 2.11. The van der Waals surface area contributed by atoms with Crippen LogP contribution in [-0.2, 0) is 0 Å². The summed E-state index contributed by atoms with van der Waals surface area (Å²) < 4.78 is 0. The predicted molar refractivity (Wildman–Crippen MR) is 66.8 cm³/mol. The molecule has 14 heavy (non-hydrogen) atoms. The zero-order valence-corrected chi connectivity index (χ0v) is 12.7. The zero-order chi connectivity index (χ0) is 11.6. The Morgan fingerprint density at radius 2 is 1.71 bits per heavy atom. The summed E-state index contributed by atoms with van der Waals surface area (Å²) in [6.07, 6.45) is 1.00. The Labute approximate surface area is 91.3 Å². The molecule has 2 unspecified atom stereocenters. The van der Waals surface area contributed by atoms with Crippen LogP contribution < -0.4 is 0 Å². The first-order chi connectivity index (χ1) is 6.20. The van der Waals surface area contributed by atoms with Crippen molar-refractivity contribution >= 4 is 10.2 Å². The Kier molecular flexibility index (Phi) is 4.50. The highest BCUT2D eigenvalue weighted by atomic mass is 28.1. The molecule has 2 atom stereocenters. The highest BCUT2D eigenvalue weighted by Gasteiger charge is 2.42. The van der Waals surface area contributed by atoms with Gasteiger partial charge in [-0.05, 0) is 17.3 Å². The monoisotopic (exact) mass is 215 g/mol. The van der Waals surface area contributed by atoms with E-state index in [9.17, 15) is 4.91 Å². The molecule has 84 valence electrons. The lowest BCUT2D eigenvalue weighted by Gasteiger charge is -2.42. The molecule has 2 nitrogen and oxygen atoms in total. The molecule has 0 saturated heterocycles. The van der Waals surface area contributed by atoms with E-state index in [1.165, 1.54) is 0 Å². The highest BCUT2D eigenvalue weighted by molar-refractivity contribution is 6.11. The summed E-state index contributed by atoms with van der Waals surface area (Å²) in [7, 11) is 1.12. The van der Waals surface area contributed by atoms with Crippen LogP contribution in [0.15, 0.2) is 5.18 Å². The molecule has 0 heterocycles. The number of hydrogen-bond acceptors (Lipinski definition) is 2. The molecule has 0 radical (unpaired) electrons. The van der Waals surface area contributed by atoms with Crippen molar-refractivity contribution in [2.24, 2.45) is 16.0 Å². The molecule has 0 aliphatic rings. The zero-order valence-electron chi connectivity index (χ0n) is 10.7. The molecule has 3 heteroatoms. The SMILES string of the molecule is CCC(C)(C)C(N=O)C(C)(C)C(C)[SiH3]. The van der Waals surface area contributed by atoms with Crippen LogP contribution in [-0.4, -0.2) is 16.3 Å². The summed E-state index contributed by atoms with van der Waals surface area (Å²) >= 11 is 0. The van der Waals surface area contributed by atoms with Crippen LogP contribution in [0.2, 0.25) is 5.54 Å². The molecule has 0 amide bonds. The maximum absolute atomic E-state index is 11.0. The van der Waals surface area contributed by atoms with Crippen molar-refractivity contribution in [3.63, 3.8) is 0 Å². The predicted octanol–water partition coefficient (Wildman–Crippen LogP) is 2.76. The maximum atomic E-state index is 11.0. The molecular formula is C11H25NOSi. The van der Waals surface area contributed by atoms with E-state index in [4.69, 9.17) is 0 Å². The van der Waals surface area contributed by atoms with Gasteiger partial charge in [-0.1, -0.05) is 52.3 Å². The molecule has 0 bridgehead atoms. The van der Waals surface area contributed by atoms with Crippen LogP contribution in [0.3, 0.4) is 0 Å². The number of nitroso groups, excluding NO2 is 1. The van der Waals surface area contributed by atoms with E-state index in [0.717, 1.165) is 16.7 Å². The molecule has 0 spiro atoms. The van der Waals surface area contributed by atoms with E-state index in [-0.39, 0.29) is 16.9 Å². The number of rotatable bonds is 5. The molecule has 0 aromatic rings. The summed E-state index contributed by atoms with van der Waals surface area (Å²) in [6.45, 7) is 13.0. The number of hydrogen-bond donors (Lipinski definition) is 0. The fraction of sp³-hybridized carbons (Fsp3) is 1.00. The quantitative estimate of drug-likeness (QED) is 0.512. The Hall–Kier alpha value is -0.183. The van der Waals surface area contributed by atoms with Crippen molar-refractivity contribution in [1.29, 1.82) is 0 Å². The van der Waals surface area contributed by atoms with Gasteiger partial charge in [-0.15, -0.1) is 0 Å². The molecule has 0 rings (SSSR count). The van der Waals surface area contributed by atoms with Gasteiger partial charge in [0, 0.05) is 10.2 Å². The van der Waals surface area contributed by atoms with Crippen molar-refractivity contribution in [2.45, 2.75) is 59.5 Å². The largest absolute Gasteiger partial charge is 0.150 e. The normalized spacial score (nSPS) is 17.9. The molecule has 0 N–H and O–H groups in total. The van der Waals surface area contributed by atoms with Crippen LogP contribution >= 0.6 is 0 Å². The van der Waals surface area contributed by atoms with E-state index in [0.29, 0.717) is 5.54 Å². The minimum absolute atomic E-state index is 0.0178. The van der Waals surface area contributed by atoms with Gasteiger partial charge in [-0.2, -0.15) is 4.91 Å². The van der Waals surface area contributed by atoms with Gasteiger partial charge in [-0.3, -0.25) is 0 Å². The Morgan fingerprint density at radius 3 is 1.93 bits per heavy atom. The summed E-state index contributed by atoms with van der Waals surface area (Å²) in [4.78, 5) is 11.0. The van der Waals surface area contributed by atoms with Crippen molar-refractivity contribution in [1.82, 2.24) is 0 Å². The third kappa shape index (κ3) is 2.66. The summed E-state index contributed by atoms with van der Waals surface area (Å²) in [5.74, 6) is 0. The Bertz CT molecular complexity index is 199. The van der Waals surface area contributed by atoms with Gasteiger partial charge in [0.15, 0.2) is 0 Å². The maximum Gasteiger partial charge on any atom is 0.102 e. The topological polar surface area (TPSA) is 29.4 Å². The van der Waals surface area contributed by atoms with E-state index in [1.807, 2.05) is 0 Å². The second-order valence-electron chi connectivity index (χ2n) is 5.83. The lowest BCUT2D eigenvalue weighted by molar-refractivity contribution is 0.137. The minimum atomic E-state index is -0.0764. The first-order valence-corrected chi connectivity index (χ1v) is 6.68. The summed E-state index contributed by atoms with van der Waals surface area (Å²) in [6, 6.07) is -0.0764. The van der Waals surface area contributed by atoms with Gasteiger partial charge in [0.2, 0.25) is 0 Å². The highest BCUT2D eigenvalue weighted by Crippen LogP contribution is 2.44. The first-order valence-electron chi connectivity index (χ1n) is 5.52. The van der Waals surface area contributed by atoms with E-state index >= 15 is 0 Å². The van der Waals surface area contributed by atoms with Crippen LogP contribution in [0.25, 0.3) is 0 Å². The Balaban J connectivity index is 4.99. The standard InChI is InChI=1S/C11H25NOSi/c1-7-10(3,4)9(12-13)11(5,6)8(2)14/h8-9H,7H2,1-6,14H3. The van der Waals surface area contributed by atoms with Gasteiger partial charge in [-0.25, -0.2) is 0 Å². The van der Waals surface area contributed by atoms with Gasteiger partial charge in [0.25, 0.3) is 0 Å². The van der Waals surface area contributed by atoms with Crippen LogP contribution in [0, 0.1) is 15.7 Å². The molecule has 0 aliphatic heterocycles. The van der Waals surface area contributed by atoms with Crippen molar-refractivity contribution < 1.29 is 0 Å². The first kappa shape index (κ1) is 13.8. The minimum Gasteiger partial charge on any atom is -0.150 e.